The number of hydrogen-bond acceptors (Lipinski definition) is 5. The van der Waals surface area contributed by atoms with Crippen molar-refractivity contribution in [2.75, 3.05) is 53.6 Å². The van der Waals surface area contributed by atoms with Gasteiger partial charge in [-0.2, -0.15) is 0 Å². The van der Waals surface area contributed by atoms with Crippen LogP contribution in [0.25, 0.3) is 0 Å². The average molecular weight is 328 g/mol. The molecule has 2 heterocycles. The summed E-state index contributed by atoms with van der Waals surface area (Å²) >= 11 is 0. The van der Waals surface area contributed by atoms with E-state index >= 15 is 0 Å². The quantitative estimate of drug-likeness (QED) is 0.592. The third kappa shape index (κ3) is 4.20. The number of amides is 2. The van der Waals surface area contributed by atoms with Crippen molar-refractivity contribution in [2.45, 2.75) is 18.9 Å². The molecule has 2 fully saturated rings. The Labute approximate surface area is 136 Å². The van der Waals surface area contributed by atoms with Gasteiger partial charge in [0.1, 0.15) is 12.6 Å². The molecule has 2 aliphatic rings. The van der Waals surface area contributed by atoms with Crippen LogP contribution in [0.4, 0.5) is 0 Å². The maximum Gasteiger partial charge on any atom is 0.330 e. The van der Waals surface area contributed by atoms with Crippen molar-refractivity contribution in [1.29, 1.82) is 0 Å². The van der Waals surface area contributed by atoms with E-state index in [0.717, 1.165) is 25.9 Å². The van der Waals surface area contributed by atoms with E-state index in [1.807, 2.05) is 0 Å². The van der Waals surface area contributed by atoms with Gasteiger partial charge in [-0.3, -0.25) is 9.59 Å². The van der Waals surface area contributed by atoms with E-state index in [9.17, 15) is 14.4 Å². The summed E-state index contributed by atoms with van der Waals surface area (Å²) in [6.07, 6.45) is 1.66. The molecule has 1 atom stereocenters. The van der Waals surface area contributed by atoms with Gasteiger partial charge in [0.05, 0.1) is 26.7 Å². The first-order valence-corrected chi connectivity index (χ1v) is 8.05. The molecule has 0 aromatic heterocycles. The molecule has 0 bridgehead atoms. The average Bonchev–Trinajstić information content (AvgIpc) is 2.60. The molecule has 0 aromatic carbocycles. The second-order valence-electron chi connectivity index (χ2n) is 5.98. The minimum atomic E-state index is -0.729. The molecule has 2 aliphatic heterocycles. The zero-order valence-electron chi connectivity index (χ0n) is 13.8. The number of nitrogens with two attached hydrogens (primary N) is 1. The molecule has 0 saturated carbocycles. The van der Waals surface area contributed by atoms with Gasteiger partial charge >= 0.3 is 5.97 Å². The van der Waals surface area contributed by atoms with E-state index in [1.165, 1.54) is 14.2 Å². The van der Waals surface area contributed by atoms with Crippen LogP contribution in [0.15, 0.2) is 0 Å². The van der Waals surface area contributed by atoms with Crippen LogP contribution in [0.3, 0.4) is 0 Å². The highest BCUT2D eigenvalue weighted by Gasteiger charge is 2.40. The predicted molar refractivity (Wildman–Crippen MR) is 80.4 cm³/mol. The molecule has 2 N–H and O–H groups in total. The maximum atomic E-state index is 12.8. The van der Waals surface area contributed by atoms with Crippen molar-refractivity contribution in [3.63, 3.8) is 0 Å². The van der Waals surface area contributed by atoms with Crippen LogP contribution in [0.5, 0.6) is 0 Å². The standard InChI is InChI=1S/C15H25N3O5/c1-22-10-13(19)17-7-8-18(12(9-17)15(21)23-2)14(20)11-3-5-16-6-4-11/h11-12,16H,3-10H2,1-2H3/p+1/t12-/m1/s1. The number of methoxy groups -OCH3 is 2. The molecule has 8 heteroatoms. The molecule has 2 rings (SSSR count). The summed E-state index contributed by atoms with van der Waals surface area (Å²) in [4.78, 5) is 40.0. The van der Waals surface area contributed by atoms with Gasteiger partial charge in [0.15, 0.2) is 0 Å². The zero-order valence-corrected chi connectivity index (χ0v) is 13.8. The number of piperazine rings is 1. The van der Waals surface area contributed by atoms with Gasteiger partial charge in [-0.05, 0) is 0 Å². The summed E-state index contributed by atoms with van der Waals surface area (Å²) in [5, 5.41) is 2.20. The van der Waals surface area contributed by atoms with Crippen molar-refractivity contribution in [1.82, 2.24) is 9.80 Å². The summed E-state index contributed by atoms with van der Waals surface area (Å²) in [6, 6.07) is -0.729. The summed E-state index contributed by atoms with van der Waals surface area (Å²) in [5.41, 5.74) is 0. The monoisotopic (exact) mass is 328 g/mol. The lowest BCUT2D eigenvalue weighted by molar-refractivity contribution is -0.664. The molecule has 0 aromatic rings. The first kappa shape index (κ1) is 17.7. The Hall–Kier alpha value is -1.67. The van der Waals surface area contributed by atoms with Crippen LogP contribution in [-0.2, 0) is 23.9 Å². The lowest BCUT2D eigenvalue weighted by atomic mass is 9.95. The fraction of sp³-hybridized carbons (Fsp3) is 0.800. The largest absolute Gasteiger partial charge is 0.467 e. The number of quaternary nitrogens is 1. The summed E-state index contributed by atoms with van der Waals surface area (Å²) < 4.78 is 9.69. The fourth-order valence-electron chi connectivity index (χ4n) is 3.23. The molecular weight excluding hydrogens is 302 g/mol. The second-order valence-corrected chi connectivity index (χ2v) is 5.98. The molecule has 0 spiro atoms. The van der Waals surface area contributed by atoms with Gasteiger partial charge < -0.3 is 24.6 Å². The Bertz CT molecular complexity index is 450. The molecule has 130 valence electrons. The van der Waals surface area contributed by atoms with Gasteiger partial charge in [0, 0.05) is 39.0 Å². The number of hydrogen-bond donors (Lipinski definition) is 1. The van der Waals surface area contributed by atoms with E-state index in [0.29, 0.717) is 13.1 Å². The highest BCUT2D eigenvalue weighted by atomic mass is 16.5. The van der Waals surface area contributed by atoms with Crippen molar-refractivity contribution < 1.29 is 29.2 Å². The molecule has 2 saturated heterocycles. The van der Waals surface area contributed by atoms with E-state index in [2.05, 4.69) is 5.32 Å². The number of esters is 1. The Kier molecular flexibility index (Phi) is 6.35. The van der Waals surface area contributed by atoms with Crippen LogP contribution in [0.1, 0.15) is 12.8 Å². The predicted octanol–water partition coefficient (Wildman–Crippen LogP) is -2.18. The Balaban J connectivity index is 2.07. The van der Waals surface area contributed by atoms with Crippen molar-refractivity contribution in [2.24, 2.45) is 5.92 Å². The summed E-state index contributed by atoms with van der Waals surface area (Å²) in [6.45, 7) is 2.78. The molecule has 0 unspecified atom stereocenters. The number of ether oxygens (including phenoxy) is 2. The summed E-state index contributed by atoms with van der Waals surface area (Å²) in [5.74, 6) is -0.683. The first-order chi connectivity index (χ1) is 11.1. The highest BCUT2D eigenvalue weighted by Crippen LogP contribution is 2.19. The minimum absolute atomic E-state index is 0.00680. The lowest BCUT2D eigenvalue weighted by Crippen LogP contribution is -2.86. The molecule has 0 radical (unpaired) electrons. The molecule has 0 aliphatic carbocycles. The van der Waals surface area contributed by atoms with Gasteiger partial charge in [-0.25, -0.2) is 4.79 Å². The Morgan fingerprint density at radius 2 is 1.83 bits per heavy atom. The summed E-state index contributed by atoms with van der Waals surface area (Å²) in [7, 11) is 2.76. The maximum absolute atomic E-state index is 12.8. The van der Waals surface area contributed by atoms with Crippen molar-refractivity contribution in [3.05, 3.63) is 0 Å². The van der Waals surface area contributed by atoms with Crippen LogP contribution in [0.2, 0.25) is 0 Å². The van der Waals surface area contributed by atoms with Crippen LogP contribution >= 0.6 is 0 Å². The topological polar surface area (TPSA) is 92.8 Å². The van der Waals surface area contributed by atoms with E-state index in [4.69, 9.17) is 9.47 Å². The molecular formula is C15H26N3O5+. The third-order valence-corrected chi connectivity index (χ3v) is 4.54. The van der Waals surface area contributed by atoms with Crippen LogP contribution in [-0.4, -0.2) is 87.2 Å². The molecule has 2 amide bonds. The van der Waals surface area contributed by atoms with E-state index < -0.39 is 12.0 Å². The van der Waals surface area contributed by atoms with E-state index in [-0.39, 0.29) is 30.9 Å². The number of rotatable bonds is 4. The lowest BCUT2D eigenvalue weighted by Gasteiger charge is -2.41. The van der Waals surface area contributed by atoms with Gasteiger partial charge in [0.2, 0.25) is 11.8 Å². The zero-order chi connectivity index (χ0) is 16.8. The first-order valence-electron chi connectivity index (χ1n) is 8.05. The van der Waals surface area contributed by atoms with Crippen LogP contribution in [0, 0.1) is 5.92 Å². The number of carbonyl (C=O) groups excluding carboxylic acids is 3. The van der Waals surface area contributed by atoms with Gasteiger partial charge in [0.25, 0.3) is 0 Å². The molecule has 23 heavy (non-hydrogen) atoms. The third-order valence-electron chi connectivity index (χ3n) is 4.54. The SMILES string of the molecule is COCC(=O)N1CCN(C(=O)C2CC[NH2+]CC2)[C@@H](C(=O)OC)C1. The Morgan fingerprint density at radius 1 is 1.13 bits per heavy atom. The van der Waals surface area contributed by atoms with Gasteiger partial charge in [-0.1, -0.05) is 0 Å². The van der Waals surface area contributed by atoms with Crippen LogP contribution < -0.4 is 5.32 Å². The normalized spacial score (nSPS) is 22.8. The van der Waals surface area contributed by atoms with Crippen molar-refractivity contribution in [3.8, 4) is 0 Å². The second kappa shape index (κ2) is 8.26. The van der Waals surface area contributed by atoms with Crippen molar-refractivity contribution >= 4 is 17.8 Å². The highest BCUT2D eigenvalue weighted by molar-refractivity contribution is 5.87. The number of nitrogens with zero attached hydrogens (tertiary/aromatic N) is 2. The number of piperidine rings is 1. The van der Waals surface area contributed by atoms with Gasteiger partial charge in [-0.15, -0.1) is 0 Å². The minimum Gasteiger partial charge on any atom is -0.467 e. The van der Waals surface area contributed by atoms with E-state index in [1.54, 1.807) is 9.80 Å². The number of carbonyl (C=O) groups is 3. The fourth-order valence-corrected chi connectivity index (χ4v) is 3.23. The smallest absolute Gasteiger partial charge is 0.330 e. The Morgan fingerprint density at radius 3 is 2.43 bits per heavy atom. The molecule has 8 nitrogen and oxygen atoms in total.